The van der Waals surface area contributed by atoms with Crippen molar-refractivity contribution in [2.45, 2.75) is 45.3 Å². The number of nitrogens with one attached hydrogen (secondary N) is 3. The Balaban J connectivity index is 4.18. The number of guanidine groups is 1. The molecule has 2 amide bonds. The van der Waals surface area contributed by atoms with Gasteiger partial charge in [0.25, 0.3) is 0 Å². The second-order valence-corrected chi connectivity index (χ2v) is 5.91. The lowest BCUT2D eigenvalue weighted by Gasteiger charge is -2.22. The van der Waals surface area contributed by atoms with Crippen LogP contribution in [0.2, 0.25) is 0 Å². The molecule has 0 heterocycles. The standard InChI is InChI=1S/C13H27N5O3/c1-13(2,3)21-12(20)17-9(10(14)19)7-6-8-16-11(15)18(4)5/h9H,6-8H2,1-5H3,(H2,14,19)(H2,15,16)(H,17,20)/t9-/m0/s1. The second kappa shape index (κ2) is 8.33. The van der Waals surface area contributed by atoms with Gasteiger partial charge >= 0.3 is 6.09 Å². The van der Waals surface area contributed by atoms with E-state index in [1.54, 1.807) is 39.8 Å². The first-order chi connectivity index (χ1) is 9.53. The summed E-state index contributed by atoms with van der Waals surface area (Å²) in [4.78, 5) is 24.6. The Labute approximate surface area is 125 Å². The third-order valence-corrected chi connectivity index (χ3v) is 2.44. The van der Waals surface area contributed by atoms with Crippen molar-refractivity contribution in [3.63, 3.8) is 0 Å². The Morgan fingerprint density at radius 1 is 1.33 bits per heavy atom. The summed E-state index contributed by atoms with van der Waals surface area (Å²) in [5, 5.41) is 12.9. The maximum Gasteiger partial charge on any atom is 0.408 e. The van der Waals surface area contributed by atoms with E-state index in [0.717, 1.165) is 0 Å². The molecule has 5 N–H and O–H groups in total. The fraction of sp³-hybridized carbons (Fsp3) is 0.769. The van der Waals surface area contributed by atoms with Crippen LogP contribution in [0.5, 0.6) is 0 Å². The van der Waals surface area contributed by atoms with E-state index in [1.807, 2.05) is 0 Å². The highest BCUT2D eigenvalue weighted by atomic mass is 16.6. The molecule has 0 aliphatic heterocycles. The van der Waals surface area contributed by atoms with Crippen molar-refractivity contribution in [3.05, 3.63) is 0 Å². The number of amides is 2. The highest BCUT2D eigenvalue weighted by Gasteiger charge is 2.22. The number of nitrogens with zero attached hydrogens (tertiary/aromatic N) is 1. The van der Waals surface area contributed by atoms with Gasteiger partial charge in [0.1, 0.15) is 11.6 Å². The minimum absolute atomic E-state index is 0.283. The highest BCUT2D eigenvalue weighted by molar-refractivity contribution is 5.84. The van der Waals surface area contributed by atoms with Gasteiger partial charge < -0.3 is 26.0 Å². The maximum absolute atomic E-state index is 11.6. The molecule has 0 rings (SSSR count). The Morgan fingerprint density at radius 2 is 1.90 bits per heavy atom. The SMILES string of the molecule is CN(C)C(=N)NCCC[C@H](NC(=O)OC(C)(C)C)C(N)=O. The number of alkyl carbamates (subject to hydrolysis) is 1. The maximum atomic E-state index is 11.6. The summed E-state index contributed by atoms with van der Waals surface area (Å²) in [7, 11) is 3.51. The summed E-state index contributed by atoms with van der Waals surface area (Å²) >= 11 is 0. The van der Waals surface area contributed by atoms with Gasteiger partial charge in [-0.25, -0.2) is 4.79 Å². The van der Waals surface area contributed by atoms with Gasteiger partial charge in [0.05, 0.1) is 0 Å². The summed E-state index contributed by atoms with van der Waals surface area (Å²) in [6.07, 6.45) is 0.294. The molecule has 0 saturated carbocycles. The van der Waals surface area contributed by atoms with Gasteiger partial charge in [0.15, 0.2) is 5.96 Å². The molecule has 8 heteroatoms. The molecule has 0 aromatic carbocycles. The first kappa shape index (κ1) is 19.0. The largest absolute Gasteiger partial charge is 0.444 e. The van der Waals surface area contributed by atoms with Gasteiger partial charge in [0.2, 0.25) is 5.91 Å². The third-order valence-electron chi connectivity index (χ3n) is 2.44. The second-order valence-electron chi connectivity index (χ2n) is 5.91. The van der Waals surface area contributed by atoms with Crippen molar-refractivity contribution in [2.75, 3.05) is 20.6 Å². The van der Waals surface area contributed by atoms with E-state index in [-0.39, 0.29) is 5.96 Å². The number of hydrogen-bond donors (Lipinski definition) is 4. The summed E-state index contributed by atoms with van der Waals surface area (Å²) < 4.78 is 5.08. The van der Waals surface area contributed by atoms with Crippen LogP contribution < -0.4 is 16.4 Å². The molecule has 1 atom stereocenters. The lowest BCUT2D eigenvalue weighted by atomic mass is 10.1. The van der Waals surface area contributed by atoms with Crippen LogP contribution in [0.4, 0.5) is 4.79 Å². The van der Waals surface area contributed by atoms with Crippen molar-refractivity contribution in [2.24, 2.45) is 5.73 Å². The van der Waals surface area contributed by atoms with Crippen LogP contribution >= 0.6 is 0 Å². The van der Waals surface area contributed by atoms with Gasteiger partial charge in [-0.2, -0.15) is 0 Å². The molecule has 0 aromatic heterocycles. The van der Waals surface area contributed by atoms with E-state index in [1.165, 1.54) is 0 Å². The van der Waals surface area contributed by atoms with Crippen LogP contribution in [-0.2, 0) is 9.53 Å². The van der Waals surface area contributed by atoms with Gasteiger partial charge in [-0.05, 0) is 33.6 Å². The molecular formula is C13H27N5O3. The zero-order valence-electron chi connectivity index (χ0n) is 13.4. The van der Waals surface area contributed by atoms with E-state index in [0.29, 0.717) is 19.4 Å². The van der Waals surface area contributed by atoms with Gasteiger partial charge in [-0.3, -0.25) is 10.2 Å². The summed E-state index contributed by atoms with van der Waals surface area (Å²) in [6, 6.07) is -0.782. The van der Waals surface area contributed by atoms with Gasteiger partial charge in [0, 0.05) is 20.6 Å². The lowest BCUT2D eigenvalue weighted by molar-refractivity contribution is -0.120. The quantitative estimate of drug-likeness (QED) is 0.318. The van der Waals surface area contributed by atoms with Crippen LogP contribution in [-0.4, -0.2) is 55.1 Å². The Hall–Kier alpha value is -1.99. The average molecular weight is 301 g/mol. The first-order valence-corrected chi connectivity index (χ1v) is 6.81. The van der Waals surface area contributed by atoms with Crippen molar-refractivity contribution in [1.82, 2.24) is 15.5 Å². The van der Waals surface area contributed by atoms with Crippen LogP contribution in [0.1, 0.15) is 33.6 Å². The van der Waals surface area contributed by atoms with E-state index < -0.39 is 23.6 Å². The minimum Gasteiger partial charge on any atom is -0.444 e. The molecule has 0 bridgehead atoms. The van der Waals surface area contributed by atoms with Crippen molar-refractivity contribution >= 4 is 18.0 Å². The molecule has 0 fully saturated rings. The number of primary amides is 1. The topological polar surface area (TPSA) is 121 Å². The van der Waals surface area contributed by atoms with E-state index in [9.17, 15) is 9.59 Å². The number of nitrogens with two attached hydrogens (primary N) is 1. The molecule has 0 unspecified atom stereocenters. The van der Waals surface area contributed by atoms with Crippen molar-refractivity contribution in [3.8, 4) is 0 Å². The molecule has 122 valence electrons. The fourth-order valence-electron chi connectivity index (χ4n) is 1.41. The predicted octanol–water partition coefficient (Wildman–Crippen LogP) is 0.231. The zero-order chi connectivity index (χ0) is 16.6. The minimum atomic E-state index is -0.782. The number of hydrogen-bond acceptors (Lipinski definition) is 4. The molecule has 8 nitrogen and oxygen atoms in total. The van der Waals surface area contributed by atoms with Crippen LogP contribution in [0.15, 0.2) is 0 Å². The smallest absolute Gasteiger partial charge is 0.408 e. The van der Waals surface area contributed by atoms with Gasteiger partial charge in [-0.1, -0.05) is 0 Å². The summed E-state index contributed by atoms with van der Waals surface area (Å²) in [6.45, 7) is 5.73. The molecule has 0 radical (unpaired) electrons. The molecule has 0 aliphatic rings. The predicted molar refractivity (Wildman–Crippen MR) is 81.0 cm³/mol. The van der Waals surface area contributed by atoms with Crippen molar-refractivity contribution in [1.29, 1.82) is 5.41 Å². The molecule has 21 heavy (non-hydrogen) atoms. The van der Waals surface area contributed by atoms with E-state index >= 15 is 0 Å². The first-order valence-electron chi connectivity index (χ1n) is 6.81. The monoisotopic (exact) mass is 301 g/mol. The normalized spacial score (nSPS) is 12.2. The molecule has 0 aromatic rings. The van der Waals surface area contributed by atoms with Gasteiger partial charge in [-0.15, -0.1) is 0 Å². The summed E-state index contributed by atoms with van der Waals surface area (Å²) in [5.74, 6) is -0.325. The Bertz CT molecular complexity index is 376. The number of ether oxygens (including phenoxy) is 1. The summed E-state index contributed by atoms with van der Waals surface area (Å²) in [5.41, 5.74) is 4.63. The number of carbonyl (C=O) groups excluding carboxylic acids is 2. The van der Waals surface area contributed by atoms with E-state index in [2.05, 4.69) is 10.6 Å². The van der Waals surface area contributed by atoms with Crippen LogP contribution in [0, 0.1) is 5.41 Å². The zero-order valence-corrected chi connectivity index (χ0v) is 13.4. The van der Waals surface area contributed by atoms with Crippen LogP contribution in [0.3, 0.4) is 0 Å². The number of carbonyl (C=O) groups is 2. The molecule has 0 spiro atoms. The van der Waals surface area contributed by atoms with Crippen LogP contribution in [0.25, 0.3) is 0 Å². The average Bonchev–Trinajstić information content (AvgIpc) is 2.29. The third kappa shape index (κ3) is 9.53. The molecular weight excluding hydrogens is 274 g/mol. The molecule has 0 saturated heterocycles. The van der Waals surface area contributed by atoms with Crippen molar-refractivity contribution < 1.29 is 14.3 Å². The Morgan fingerprint density at radius 3 is 2.33 bits per heavy atom. The fourth-order valence-corrected chi connectivity index (χ4v) is 1.41. The highest BCUT2D eigenvalue weighted by Crippen LogP contribution is 2.07. The Kier molecular flexibility index (Phi) is 7.54. The lowest BCUT2D eigenvalue weighted by Crippen LogP contribution is -2.46. The molecule has 0 aliphatic carbocycles. The van der Waals surface area contributed by atoms with E-state index in [4.69, 9.17) is 15.9 Å². The number of rotatable bonds is 6.